The Morgan fingerprint density at radius 3 is 2.79 bits per heavy atom. The van der Waals surface area contributed by atoms with E-state index in [0.717, 1.165) is 12.0 Å². The molecule has 0 saturated heterocycles. The number of likely N-dealkylation sites (N-methyl/N-ethyl adjacent to an activating group) is 1. The molecule has 1 amide bonds. The molecule has 3 aromatic rings. The number of aromatic nitrogens is 3. The van der Waals surface area contributed by atoms with Gasteiger partial charge in [0.15, 0.2) is 0 Å². The lowest BCUT2D eigenvalue weighted by molar-refractivity contribution is -0.122. The van der Waals surface area contributed by atoms with E-state index in [2.05, 4.69) is 20.7 Å². The summed E-state index contributed by atoms with van der Waals surface area (Å²) < 4.78 is 16.1. The fourth-order valence-corrected chi connectivity index (χ4v) is 2.87. The van der Waals surface area contributed by atoms with Gasteiger partial charge >= 0.3 is 0 Å². The molecule has 2 heterocycles. The van der Waals surface area contributed by atoms with Crippen LogP contribution in [0.1, 0.15) is 18.1 Å². The maximum absolute atomic E-state index is 12.0. The van der Waals surface area contributed by atoms with Crippen LogP contribution in [0.25, 0.3) is 22.7 Å². The van der Waals surface area contributed by atoms with Crippen LogP contribution in [0.5, 0.6) is 0 Å². The van der Waals surface area contributed by atoms with Crippen molar-refractivity contribution in [1.82, 2.24) is 25.6 Å². The van der Waals surface area contributed by atoms with E-state index in [0.29, 0.717) is 48.5 Å². The average Bonchev–Trinajstić information content (AvgIpc) is 3.32. The number of hydrogen-bond donors (Lipinski definition) is 1. The van der Waals surface area contributed by atoms with Crippen molar-refractivity contribution in [2.24, 2.45) is 0 Å². The SMILES string of the molecule is COCCCNC(=O)CN(C)Cc1nnc(-c2c(-c3ccccc3)noc2C)o1. The largest absolute Gasteiger partial charge is 0.419 e. The highest BCUT2D eigenvalue weighted by Crippen LogP contribution is 2.33. The number of amides is 1. The Balaban J connectivity index is 1.63. The molecule has 2 aromatic heterocycles. The molecule has 0 bridgehead atoms. The number of nitrogens with one attached hydrogen (secondary N) is 1. The number of nitrogens with zero attached hydrogens (tertiary/aromatic N) is 4. The maximum atomic E-state index is 12.0. The summed E-state index contributed by atoms with van der Waals surface area (Å²) in [7, 11) is 3.46. The second-order valence-corrected chi connectivity index (χ2v) is 6.70. The molecular weight excluding hydrogens is 374 g/mol. The summed E-state index contributed by atoms with van der Waals surface area (Å²) >= 11 is 0. The quantitative estimate of drug-likeness (QED) is 0.518. The van der Waals surface area contributed by atoms with Crippen molar-refractivity contribution in [3.8, 4) is 22.7 Å². The molecule has 0 aliphatic heterocycles. The first-order chi connectivity index (χ1) is 14.1. The average molecular weight is 399 g/mol. The predicted octanol–water partition coefficient (Wildman–Crippen LogP) is 2.28. The minimum atomic E-state index is -0.0652. The van der Waals surface area contributed by atoms with Gasteiger partial charge in [0.2, 0.25) is 11.8 Å². The summed E-state index contributed by atoms with van der Waals surface area (Å²) in [5.74, 6) is 1.29. The normalized spacial score (nSPS) is 11.2. The molecule has 0 aliphatic carbocycles. The lowest BCUT2D eigenvalue weighted by atomic mass is 10.1. The molecule has 9 nitrogen and oxygen atoms in total. The summed E-state index contributed by atoms with van der Waals surface area (Å²) in [5, 5.41) is 15.2. The van der Waals surface area contributed by atoms with E-state index in [1.54, 1.807) is 14.0 Å². The first kappa shape index (κ1) is 20.7. The monoisotopic (exact) mass is 399 g/mol. The zero-order chi connectivity index (χ0) is 20.6. The van der Waals surface area contributed by atoms with Crippen molar-refractivity contribution in [1.29, 1.82) is 0 Å². The number of carbonyl (C=O) groups excluding carboxylic acids is 1. The van der Waals surface area contributed by atoms with Crippen molar-refractivity contribution in [3.05, 3.63) is 42.0 Å². The summed E-state index contributed by atoms with van der Waals surface area (Å²) in [4.78, 5) is 13.8. The number of aryl methyl sites for hydroxylation is 1. The highest BCUT2D eigenvalue weighted by atomic mass is 16.5. The van der Waals surface area contributed by atoms with E-state index >= 15 is 0 Å². The van der Waals surface area contributed by atoms with E-state index in [-0.39, 0.29) is 12.5 Å². The molecule has 1 N–H and O–H groups in total. The summed E-state index contributed by atoms with van der Waals surface area (Å²) in [5.41, 5.74) is 2.23. The molecule has 3 rings (SSSR count). The molecule has 0 radical (unpaired) electrons. The molecule has 0 saturated carbocycles. The Morgan fingerprint density at radius 1 is 1.24 bits per heavy atom. The Labute approximate surface area is 169 Å². The highest BCUT2D eigenvalue weighted by Gasteiger charge is 2.22. The third kappa shape index (κ3) is 5.49. The minimum Gasteiger partial charge on any atom is -0.419 e. The first-order valence-corrected chi connectivity index (χ1v) is 9.37. The maximum Gasteiger partial charge on any atom is 0.253 e. The number of rotatable bonds is 10. The number of ether oxygens (including phenoxy) is 1. The Kier molecular flexibility index (Phi) is 7.09. The summed E-state index contributed by atoms with van der Waals surface area (Å²) in [6, 6.07) is 9.67. The molecule has 1 aromatic carbocycles. The van der Waals surface area contributed by atoms with Gasteiger partial charge in [-0.2, -0.15) is 0 Å². The lowest BCUT2D eigenvalue weighted by Crippen LogP contribution is -2.35. The Morgan fingerprint density at radius 2 is 2.03 bits per heavy atom. The molecule has 154 valence electrons. The lowest BCUT2D eigenvalue weighted by Gasteiger charge is -2.13. The van der Waals surface area contributed by atoms with Crippen LogP contribution in [0.15, 0.2) is 39.3 Å². The predicted molar refractivity (Wildman–Crippen MR) is 106 cm³/mol. The van der Waals surface area contributed by atoms with E-state index in [1.807, 2.05) is 42.3 Å². The zero-order valence-electron chi connectivity index (χ0n) is 16.8. The van der Waals surface area contributed by atoms with Crippen molar-refractivity contribution < 1.29 is 18.5 Å². The van der Waals surface area contributed by atoms with Crippen molar-refractivity contribution in [2.45, 2.75) is 19.9 Å². The van der Waals surface area contributed by atoms with Gasteiger partial charge in [0.25, 0.3) is 5.89 Å². The molecule has 0 spiro atoms. The van der Waals surface area contributed by atoms with Crippen LogP contribution in [0.2, 0.25) is 0 Å². The third-order valence-corrected chi connectivity index (χ3v) is 4.26. The van der Waals surface area contributed by atoms with Crippen LogP contribution in [0.4, 0.5) is 0 Å². The molecule has 0 fully saturated rings. The van der Waals surface area contributed by atoms with Crippen molar-refractivity contribution in [3.63, 3.8) is 0 Å². The second kappa shape index (κ2) is 9.94. The van der Waals surface area contributed by atoms with Crippen LogP contribution in [-0.4, -0.2) is 60.0 Å². The topological polar surface area (TPSA) is 107 Å². The second-order valence-electron chi connectivity index (χ2n) is 6.70. The fraction of sp³-hybridized carbons (Fsp3) is 0.400. The van der Waals surface area contributed by atoms with Gasteiger partial charge in [-0.1, -0.05) is 35.5 Å². The van der Waals surface area contributed by atoms with Gasteiger partial charge in [0.1, 0.15) is 17.0 Å². The van der Waals surface area contributed by atoms with Crippen LogP contribution >= 0.6 is 0 Å². The van der Waals surface area contributed by atoms with Gasteiger partial charge < -0.3 is 19.0 Å². The smallest absolute Gasteiger partial charge is 0.253 e. The molecule has 0 aliphatic rings. The number of carbonyl (C=O) groups is 1. The Bertz CT molecular complexity index is 922. The van der Waals surface area contributed by atoms with Crippen molar-refractivity contribution >= 4 is 5.91 Å². The standard InChI is InChI=1S/C20H25N5O4/c1-14-18(19(24-29-14)15-8-5-4-6-9-15)20-23-22-17(28-20)13-25(2)12-16(26)21-10-7-11-27-3/h4-6,8-9H,7,10-13H2,1-3H3,(H,21,26). The molecule has 9 heteroatoms. The molecule has 0 atom stereocenters. The van der Waals surface area contributed by atoms with E-state index < -0.39 is 0 Å². The Hall–Kier alpha value is -3.04. The van der Waals surface area contributed by atoms with Gasteiger partial charge in [-0.05, 0) is 20.4 Å². The summed E-state index contributed by atoms with van der Waals surface area (Å²) in [6.45, 7) is 3.59. The minimum absolute atomic E-state index is 0.0652. The molecule has 0 unspecified atom stereocenters. The highest BCUT2D eigenvalue weighted by molar-refractivity contribution is 5.78. The van der Waals surface area contributed by atoms with E-state index in [1.165, 1.54) is 0 Å². The van der Waals surface area contributed by atoms with Crippen molar-refractivity contribution in [2.75, 3.05) is 33.9 Å². The first-order valence-electron chi connectivity index (χ1n) is 9.37. The fourth-order valence-electron chi connectivity index (χ4n) is 2.87. The molecular formula is C20H25N5O4. The van der Waals surface area contributed by atoms with Crippen LogP contribution in [0, 0.1) is 6.92 Å². The van der Waals surface area contributed by atoms with Gasteiger partial charge in [-0.15, -0.1) is 10.2 Å². The van der Waals surface area contributed by atoms with Gasteiger partial charge in [-0.3, -0.25) is 9.69 Å². The van der Waals surface area contributed by atoms with Gasteiger partial charge in [0, 0.05) is 25.8 Å². The summed E-state index contributed by atoms with van der Waals surface area (Å²) in [6.07, 6.45) is 0.779. The van der Waals surface area contributed by atoms with Gasteiger partial charge in [-0.25, -0.2) is 0 Å². The number of hydrogen-bond acceptors (Lipinski definition) is 8. The van der Waals surface area contributed by atoms with Gasteiger partial charge in [0.05, 0.1) is 13.1 Å². The third-order valence-electron chi connectivity index (χ3n) is 4.26. The van der Waals surface area contributed by atoms with Crippen LogP contribution < -0.4 is 5.32 Å². The number of benzene rings is 1. The molecule has 29 heavy (non-hydrogen) atoms. The number of methoxy groups -OCH3 is 1. The van der Waals surface area contributed by atoms with Crippen LogP contribution in [0.3, 0.4) is 0 Å². The van der Waals surface area contributed by atoms with E-state index in [4.69, 9.17) is 13.7 Å². The van der Waals surface area contributed by atoms with E-state index in [9.17, 15) is 4.79 Å². The zero-order valence-corrected chi connectivity index (χ0v) is 16.8. The van der Waals surface area contributed by atoms with Crippen LogP contribution in [-0.2, 0) is 16.1 Å².